The number of benzene rings is 2. The number of aryl methyl sites for hydroxylation is 1. The maximum absolute atomic E-state index is 13.0. The van der Waals surface area contributed by atoms with Gasteiger partial charge in [-0.1, -0.05) is 34.1 Å². The van der Waals surface area contributed by atoms with Crippen molar-refractivity contribution in [3.63, 3.8) is 0 Å². The van der Waals surface area contributed by atoms with Crippen LogP contribution in [0.4, 0.5) is 18.9 Å². The van der Waals surface area contributed by atoms with Crippen molar-refractivity contribution in [3.8, 4) is 0 Å². The van der Waals surface area contributed by atoms with Gasteiger partial charge in [-0.15, -0.1) is 0 Å². The smallest absolute Gasteiger partial charge is 0.339 e. The van der Waals surface area contributed by atoms with Crippen molar-refractivity contribution in [2.45, 2.75) is 25.9 Å². The van der Waals surface area contributed by atoms with Crippen LogP contribution in [-0.4, -0.2) is 29.8 Å². The van der Waals surface area contributed by atoms with E-state index < -0.39 is 11.7 Å². The first-order valence-corrected chi connectivity index (χ1v) is 9.98. The van der Waals surface area contributed by atoms with Crippen molar-refractivity contribution < 1.29 is 22.8 Å². The van der Waals surface area contributed by atoms with E-state index in [0.29, 0.717) is 31.5 Å². The summed E-state index contributed by atoms with van der Waals surface area (Å²) in [5.74, 6) is -0.748. The standard InChI is InChI=1S/C21H20BrF3N2O2/c1-13-4-2-3-5-16(13)20(29)27-10-8-14(9-11-27)19(28)26-15-6-7-18(22)17(12-15)21(23,24)25/h2-7,12,14H,8-11H2,1H3,(H,26,28). The highest BCUT2D eigenvalue weighted by Gasteiger charge is 2.34. The number of carbonyl (C=O) groups excluding carboxylic acids is 2. The summed E-state index contributed by atoms with van der Waals surface area (Å²) in [7, 11) is 0. The van der Waals surface area contributed by atoms with Crippen LogP contribution in [0.25, 0.3) is 0 Å². The molecule has 29 heavy (non-hydrogen) atoms. The predicted octanol–water partition coefficient (Wildman–Crippen LogP) is 5.27. The summed E-state index contributed by atoms with van der Waals surface area (Å²) in [4.78, 5) is 26.9. The fourth-order valence-electron chi connectivity index (χ4n) is 3.39. The number of nitrogens with zero attached hydrogens (tertiary/aromatic N) is 1. The molecule has 1 aliphatic heterocycles. The summed E-state index contributed by atoms with van der Waals surface area (Å²) >= 11 is 2.88. The quantitative estimate of drug-likeness (QED) is 0.667. The Morgan fingerprint density at radius 2 is 1.76 bits per heavy atom. The minimum atomic E-state index is -4.51. The number of anilines is 1. The number of amides is 2. The molecule has 4 nitrogen and oxygen atoms in total. The Labute approximate surface area is 175 Å². The van der Waals surface area contributed by atoms with E-state index in [1.807, 2.05) is 25.1 Å². The number of rotatable bonds is 3. The lowest BCUT2D eigenvalue weighted by Crippen LogP contribution is -2.41. The Hall–Kier alpha value is -2.35. The molecule has 1 fully saturated rings. The van der Waals surface area contributed by atoms with Crippen LogP contribution in [0.3, 0.4) is 0 Å². The molecule has 2 aromatic rings. The molecule has 0 bridgehead atoms. The summed E-state index contributed by atoms with van der Waals surface area (Å²) in [5, 5.41) is 2.57. The maximum atomic E-state index is 13.0. The minimum absolute atomic E-state index is 0.0651. The minimum Gasteiger partial charge on any atom is -0.339 e. The molecule has 1 heterocycles. The van der Waals surface area contributed by atoms with Crippen LogP contribution in [0.2, 0.25) is 0 Å². The van der Waals surface area contributed by atoms with E-state index in [1.165, 1.54) is 12.1 Å². The van der Waals surface area contributed by atoms with Gasteiger partial charge in [0.15, 0.2) is 0 Å². The molecule has 0 saturated carbocycles. The molecular formula is C21H20BrF3N2O2. The zero-order valence-corrected chi connectivity index (χ0v) is 17.3. The van der Waals surface area contributed by atoms with Gasteiger partial charge < -0.3 is 10.2 Å². The normalized spacial score (nSPS) is 15.3. The lowest BCUT2D eigenvalue weighted by molar-refractivity contribution is -0.138. The van der Waals surface area contributed by atoms with Crippen molar-refractivity contribution >= 4 is 33.4 Å². The molecule has 2 amide bonds. The maximum Gasteiger partial charge on any atom is 0.417 e. The zero-order chi connectivity index (χ0) is 21.2. The number of likely N-dealkylation sites (tertiary alicyclic amines) is 1. The SMILES string of the molecule is Cc1ccccc1C(=O)N1CCC(C(=O)Nc2ccc(Br)c(C(F)(F)F)c2)CC1. The molecule has 1 saturated heterocycles. The number of piperidine rings is 1. The van der Waals surface area contributed by atoms with Gasteiger partial charge in [-0.05, 0) is 49.6 Å². The molecule has 3 rings (SSSR count). The van der Waals surface area contributed by atoms with Gasteiger partial charge in [0.25, 0.3) is 5.91 Å². The summed E-state index contributed by atoms with van der Waals surface area (Å²) in [6, 6.07) is 10.9. The molecule has 0 atom stereocenters. The number of hydrogen-bond donors (Lipinski definition) is 1. The van der Waals surface area contributed by atoms with Crippen LogP contribution in [0.1, 0.15) is 34.3 Å². The van der Waals surface area contributed by atoms with Crippen LogP contribution >= 0.6 is 15.9 Å². The Morgan fingerprint density at radius 1 is 1.10 bits per heavy atom. The fraction of sp³-hybridized carbons (Fsp3) is 0.333. The van der Waals surface area contributed by atoms with Crippen LogP contribution in [0.15, 0.2) is 46.9 Å². The van der Waals surface area contributed by atoms with Crippen LogP contribution in [-0.2, 0) is 11.0 Å². The number of hydrogen-bond acceptors (Lipinski definition) is 2. The number of alkyl halides is 3. The van der Waals surface area contributed by atoms with Gasteiger partial charge in [-0.3, -0.25) is 9.59 Å². The molecule has 2 aromatic carbocycles. The highest BCUT2D eigenvalue weighted by molar-refractivity contribution is 9.10. The van der Waals surface area contributed by atoms with E-state index in [4.69, 9.17) is 0 Å². The van der Waals surface area contributed by atoms with Crippen molar-refractivity contribution in [2.75, 3.05) is 18.4 Å². The Kier molecular flexibility index (Phi) is 6.31. The largest absolute Gasteiger partial charge is 0.417 e. The van der Waals surface area contributed by atoms with Gasteiger partial charge in [-0.2, -0.15) is 13.2 Å². The Bertz CT molecular complexity index is 922. The summed E-state index contributed by atoms with van der Waals surface area (Å²) in [6.07, 6.45) is -3.58. The third kappa shape index (κ3) is 4.98. The van der Waals surface area contributed by atoms with Gasteiger partial charge in [-0.25, -0.2) is 0 Å². The molecule has 8 heteroatoms. The van der Waals surface area contributed by atoms with Crippen LogP contribution in [0, 0.1) is 12.8 Å². The van der Waals surface area contributed by atoms with Gasteiger partial charge in [0.2, 0.25) is 5.91 Å². The molecule has 0 spiro atoms. The highest BCUT2D eigenvalue weighted by Crippen LogP contribution is 2.36. The average Bonchev–Trinajstić information content (AvgIpc) is 2.68. The lowest BCUT2D eigenvalue weighted by atomic mass is 9.95. The third-order valence-electron chi connectivity index (χ3n) is 5.07. The molecule has 1 N–H and O–H groups in total. The molecule has 0 aromatic heterocycles. The molecular weight excluding hydrogens is 449 g/mol. The first-order valence-electron chi connectivity index (χ1n) is 9.19. The zero-order valence-electron chi connectivity index (χ0n) is 15.7. The molecule has 154 valence electrons. The Morgan fingerprint density at radius 3 is 2.38 bits per heavy atom. The second kappa shape index (κ2) is 8.57. The number of halogens is 4. The summed E-state index contributed by atoms with van der Waals surface area (Å²) in [5.41, 5.74) is 0.802. The fourth-order valence-corrected chi connectivity index (χ4v) is 3.86. The summed E-state index contributed by atoms with van der Waals surface area (Å²) < 4.78 is 39.0. The van der Waals surface area contributed by atoms with E-state index in [0.717, 1.165) is 11.6 Å². The van der Waals surface area contributed by atoms with Crippen molar-refractivity contribution in [1.82, 2.24) is 4.90 Å². The second-order valence-electron chi connectivity index (χ2n) is 7.06. The number of nitrogens with one attached hydrogen (secondary N) is 1. The van der Waals surface area contributed by atoms with E-state index in [1.54, 1.807) is 11.0 Å². The first kappa shape index (κ1) is 21.4. The number of carbonyl (C=O) groups is 2. The van der Waals surface area contributed by atoms with Crippen LogP contribution < -0.4 is 5.32 Å². The topological polar surface area (TPSA) is 49.4 Å². The highest BCUT2D eigenvalue weighted by atomic mass is 79.9. The van der Waals surface area contributed by atoms with E-state index >= 15 is 0 Å². The van der Waals surface area contributed by atoms with Gasteiger partial charge in [0, 0.05) is 34.7 Å². The molecule has 1 aliphatic rings. The predicted molar refractivity (Wildman–Crippen MR) is 108 cm³/mol. The van der Waals surface area contributed by atoms with Crippen molar-refractivity contribution in [1.29, 1.82) is 0 Å². The van der Waals surface area contributed by atoms with Crippen molar-refractivity contribution in [3.05, 3.63) is 63.6 Å². The molecule has 0 radical (unpaired) electrons. The monoisotopic (exact) mass is 468 g/mol. The molecule has 0 aliphatic carbocycles. The van der Waals surface area contributed by atoms with E-state index in [-0.39, 0.29) is 27.9 Å². The first-order chi connectivity index (χ1) is 13.7. The van der Waals surface area contributed by atoms with E-state index in [2.05, 4.69) is 21.2 Å². The van der Waals surface area contributed by atoms with Gasteiger partial charge in [0.05, 0.1) is 5.56 Å². The third-order valence-corrected chi connectivity index (χ3v) is 5.76. The Balaban J connectivity index is 1.61. The second-order valence-corrected chi connectivity index (χ2v) is 7.92. The summed E-state index contributed by atoms with van der Waals surface area (Å²) in [6.45, 7) is 2.74. The lowest BCUT2D eigenvalue weighted by Gasteiger charge is -2.31. The van der Waals surface area contributed by atoms with Gasteiger partial charge >= 0.3 is 6.18 Å². The average molecular weight is 469 g/mol. The van der Waals surface area contributed by atoms with Crippen LogP contribution in [0.5, 0.6) is 0 Å². The van der Waals surface area contributed by atoms with Crippen molar-refractivity contribution in [2.24, 2.45) is 5.92 Å². The molecule has 0 unspecified atom stereocenters. The van der Waals surface area contributed by atoms with Gasteiger partial charge in [0.1, 0.15) is 0 Å². The van der Waals surface area contributed by atoms with E-state index in [9.17, 15) is 22.8 Å².